The van der Waals surface area contributed by atoms with Gasteiger partial charge in [0.05, 0.1) is 6.61 Å². The van der Waals surface area contributed by atoms with Gasteiger partial charge in [0.15, 0.2) is 0 Å². The molecule has 4 nitrogen and oxygen atoms in total. The van der Waals surface area contributed by atoms with E-state index in [-0.39, 0.29) is 12.3 Å². The van der Waals surface area contributed by atoms with Crippen molar-refractivity contribution < 1.29 is 9.53 Å². The van der Waals surface area contributed by atoms with Gasteiger partial charge >= 0.3 is 5.97 Å². The molecule has 0 atom stereocenters. The van der Waals surface area contributed by atoms with Gasteiger partial charge in [0, 0.05) is 0 Å². The van der Waals surface area contributed by atoms with Crippen LogP contribution in [0.4, 0.5) is 0 Å². The lowest BCUT2D eigenvalue weighted by atomic mass is 10.5. The number of rotatable bonds is 3. The molecule has 0 fully saturated rings. The van der Waals surface area contributed by atoms with Crippen molar-refractivity contribution in [2.45, 2.75) is 13.8 Å². The van der Waals surface area contributed by atoms with Crippen molar-refractivity contribution in [3.8, 4) is 6.07 Å². The van der Waals surface area contributed by atoms with Crippen LogP contribution in [0.1, 0.15) is 13.8 Å². The Kier molecular flexibility index (Phi) is 4.74. The monoisotopic (exact) mass is 154 g/mol. The van der Waals surface area contributed by atoms with Crippen molar-refractivity contribution in [3.05, 3.63) is 0 Å². The Labute approximate surface area is 65.5 Å². The molecule has 0 bridgehead atoms. The smallest absolute Gasteiger partial charge is 0.327 e. The van der Waals surface area contributed by atoms with E-state index >= 15 is 0 Å². The summed E-state index contributed by atoms with van der Waals surface area (Å²) in [6, 6.07) is 1.80. The largest absolute Gasteiger partial charge is 0.465 e. The number of ether oxygens (including phenoxy) is 1. The van der Waals surface area contributed by atoms with Crippen molar-refractivity contribution in [1.29, 1.82) is 5.26 Å². The first-order valence-electron chi connectivity index (χ1n) is 3.27. The van der Waals surface area contributed by atoms with Crippen LogP contribution in [0.15, 0.2) is 4.99 Å². The molecule has 0 radical (unpaired) electrons. The lowest BCUT2D eigenvalue weighted by molar-refractivity contribution is -0.141. The SMILES string of the molecule is CCOC(=O)CN=C(C)C#N. The maximum Gasteiger partial charge on any atom is 0.327 e. The zero-order valence-electron chi connectivity index (χ0n) is 6.63. The fourth-order valence-electron chi connectivity index (χ4n) is 0.425. The molecule has 0 aliphatic heterocycles. The second-order valence-corrected chi connectivity index (χ2v) is 1.82. The first-order valence-corrected chi connectivity index (χ1v) is 3.27. The highest BCUT2D eigenvalue weighted by Gasteiger charge is 1.97. The molecule has 0 saturated carbocycles. The summed E-state index contributed by atoms with van der Waals surface area (Å²) in [6.45, 7) is 3.55. The van der Waals surface area contributed by atoms with Gasteiger partial charge in [-0.15, -0.1) is 0 Å². The number of nitriles is 1. The molecule has 0 spiro atoms. The van der Waals surface area contributed by atoms with Crippen LogP contribution in [-0.4, -0.2) is 24.8 Å². The zero-order valence-corrected chi connectivity index (χ0v) is 6.63. The van der Waals surface area contributed by atoms with Gasteiger partial charge in [-0.25, -0.2) is 0 Å². The second kappa shape index (κ2) is 5.42. The van der Waals surface area contributed by atoms with Crippen molar-refractivity contribution in [3.63, 3.8) is 0 Å². The van der Waals surface area contributed by atoms with E-state index in [1.54, 1.807) is 19.9 Å². The third-order valence-corrected chi connectivity index (χ3v) is 0.912. The summed E-state index contributed by atoms with van der Waals surface area (Å²) in [5.74, 6) is -0.401. The molecule has 0 unspecified atom stereocenters. The normalized spacial score (nSPS) is 10.5. The molecule has 60 valence electrons. The molecular weight excluding hydrogens is 144 g/mol. The Morgan fingerprint density at radius 2 is 2.36 bits per heavy atom. The van der Waals surface area contributed by atoms with Crippen LogP contribution >= 0.6 is 0 Å². The molecule has 0 aliphatic carbocycles. The summed E-state index contributed by atoms with van der Waals surface area (Å²) in [4.78, 5) is 14.3. The van der Waals surface area contributed by atoms with Crippen LogP contribution in [0.5, 0.6) is 0 Å². The number of aliphatic imine (C=N–C) groups is 1. The first-order chi connectivity index (χ1) is 5.20. The van der Waals surface area contributed by atoms with Gasteiger partial charge in [0.1, 0.15) is 18.3 Å². The molecule has 0 rings (SSSR count). The topological polar surface area (TPSA) is 62.4 Å². The fourth-order valence-corrected chi connectivity index (χ4v) is 0.425. The maximum atomic E-state index is 10.6. The number of carbonyl (C=O) groups excluding carboxylic acids is 1. The molecule has 11 heavy (non-hydrogen) atoms. The van der Waals surface area contributed by atoms with Gasteiger partial charge in [0.25, 0.3) is 0 Å². The predicted molar refractivity (Wildman–Crippen MR) is 40.2 cm³/mol. The summed E-state index contributed by atoms with van der Waals surface area (Å²) >= 11 is 0. The number of hydrogen-bond donors (Lipinski definition) is 0. The number of esters is 1. The summed E-state index contributed by atoms with van der Waals surface area (Å²) in [7, 11) is 0. The minimum atomic E-state index is -0.401. The number of hydrogen-bond acceptors (Lipinski definition) is 4. The number of nitrogens with zero attached hydrogens (tertiary/aromatic N) is 2. The highest BCUT2D eigenvalue weighted by molar-refractivity contribution is 5.97. The fraction of sp³-hybridized carbons (Fsp3) is 0.571. The lowest BCUT2D eigenvalue weighted by Gasteiger charge is -1.96. The van der Waals surface area contributed by atoms with Crippen LogP contribution in [0.2, 0.25) is 0 Å². The van der Waals surface area contributed by atoms with Gasteiger partial charge in [-0.3, -0.25) is 9.79 Å². The molecule has 0 aromatic heterocycles. The number of carbonyl (C=O) groups is 1. The van der Waals surface area contributed by atoms with Crippen molar-refractivity contribution in [2.24, 2.45) is 4.99 Å². The van der Waals surface area contributed by atoms with E-state index in [1.807, 2.05) is 0 Å². The van der Waals surface area contributed by atoms with E-state index < -0.39 is 5.97 Å². The quantitative estimate of drug-likeness (QED) is 0.440. The molecule has 0 N–H and O–H groups in total. The van der Waals surface area contributed by atoms with E-state index in [4.69, 9.17) is 5.26 Å². The van der Waals surface area contributed by atoms with Crippen LogP contribution < -0.4 is 0 Å². The first kappa shape index (κ1) is 9.63. The Bertz CT molecular complexity index is 203. The molecular formula is C7H10N2O2. The van der Waals surface area contributed by atoms with E-state index in [9.17, 15) is 4.79 Å². The third kappa shape index (κ3) is 5.09. The van der Waals surface area contributed by atoms with Gasteiger partial charge in [0.2, 0.25) is 0 Å². The molecule has 4 heteroatoms. The second-order valence-electron chi connectivity index (χ2n) is 1.82. The van der Waals surface area contributed by atoms with Crippen molar-refractivity contribution in [1.82, 2.24) is 0 Å². The highest BCUT2D eigenvalue weighted by Crippen LogP contribution is 1.81. The summed E-state index contributed by atoms with van der Waals surface area (Å²) in [5.41, 5.74) is 0.290. The van der Waals surface area contributed by atoms with Crippen LogP contribution in [0.25, 0.3) is 0 Å². The van der Waals surface area contributed by atoms with Crippen LogP contribution in [0.3, 0.4) is 0 Å². The minimum absolute atomic E-state index is 0.0623. The standard InChI is InChI=1S/C7H10N2O2/c1-3-11-7(10)5-9-6(2)4-8/h3,5H2,1-2H3. The van der Waals surface area contributed by atoms with E-state index in [1.165, 1.54) is 0 Å². The molecule has 0 aromatic carbocycles. The van der Waals surface area contributed by atoms with Crippen molar-refractivity contribution in [2.75, 3.05) is 13.2 Å². The Balaban J connectivity index is 3.71. The average Bonchev–Trinajstić information content (AvgIpc) is 2.01. The van der Waals surface area contributed by atoms with E-state index in [0.717, 1.165) is 0 Å². The summed E-state index contributed by atoms with van der Waals surface area (Å²) in [5, 5.41) is 8.24. The van der Waals surface area contributed by atoms with Gasteiger partial charge in [-0.2, -0.15) is 5.26 Å². The van der Waals surface area contributed by atoms with Gasteiger partial charge in [-0.05, 0) is 13.8 Å². The van der Waals surface area contributed by atoms with Gasteiger partial charge in [-0.1, -0.05) is 0 Å². The summed E-state index contributed by atoms with van der Waals surface area (Å²) < 4.78 is 4.58. The minimum Gasteiger partial charge on any atom is -0.465 e. The average molecular weight is 154 g/mol. The molecule has 0 amide bonds. The third-order valence-electron chi connectivity index (χ3n) is 0.912. The maximum absolute atomic E-state index is 10.6. The summed E-state index contributed by atoms with van der Waals surface area (Å²) in [6.07, 6.45) is 0. The molecule has 0 aliphatic rings. The van der Waals surface area contributed by atoms with Crippen molar-refractivity contribution >= 4 is 11.7 Å². The van der Waals surface area contributed by atoms with E-state index in [0.29, 0.717) is 6.61 Å². The van der Waals surface area contributed by atoms with E-state index in [2.05, 4.69) is 9.73 Å². The Morgan fingerprint density at radius 3 is 2.82 bits per heavy atom. The Hall–Kier alpha value is -1.37. The Morgan fingerprint density at radius 1 is 1.73 bits per heavy atom. The molecule has 0 saturated heterocycles. The zero-order chi connectivity index (χ0) is 8.69. The molecule has 0 aromatic rings. The lowest BCUT2D eigenvalue weighted by Crippen LogP contribution is -2.08. The van der Waals surface area contributed by atoms with Crippen LogP contribution in [0, 0.1) is 11.3 Å². The predicted octanol–water partition coefficient (Wildman–Crippen LogP) is 0.534. The van der Waals surface area contributed by atoms with Gasteiger partial charge < -0.3 is 4.74 Å². The highest BCUT2D eigenvalue weighted by atomic mass is 16.5. The van der Waals surface area contributed by atoms with Crippen LogP contribution in [-0.2, 0) is 9.53 Å². The molecule has 0 heterocycles.